The summed E-state index contributed by atoms with van der Waals surface area (Å²) in [5.41, 5.74) is 5.49. The lowest BCUT2D eigenvalue weighted by molar-refractivity contribution is 0.268. The van der Waals surface area contributed by atoms with Crippen molar-refractivity contribution in [3.63, 3.8) is 0 Å². The molecule has 5 nitrogen and oxygen atoms in total. The number of aliphatic hydroxyl groups is 1. The van der Waals surface area contributed by atoms with Crippen LogP contribution in [0.25, 0.3) is 10.6 Å². The summed E-state index contributed by atoms with van der Waals surface area (Å²) < 4.78 is 1.86. The molecule has 0 saturated heterocycles. The van der Waals surface area contributed by atoms with E-state index in [1.54, 1.807) is 11.3 Å². The smallest absolute Gasteiger partial charge is 0.123 e. The van der Waals surface area contributed by atoms with E-state index in [2.05, 4.69) is 39.7 Å². The summed E-state index contributed by atoms with van der Waals surface area (Å²) in [4.78, 5) is 4.32. The zero-order valence-electron chi connectivity index (χ0n) is 13.3. The predicted molar refractivity (Wildman–Crippen MR) is 93.7 cm³/mol. The number of hydrogen-bond donors (Lipinski definition) is 2. The Hall–Kier alpha value is -2.18. The van der Waals surface area contributed by atoms with Gasteiger partial charge >= 0.3 is 0 Å². The summed E-state index contributed by atoms with van der Waals surface area (Å²) in [6.07, 6.45) is 1.82. The minimum absolute atomic E-state index is 0.104. The van der Waals surface area contributed by atoms with Gasteiger partial charge in [-0.2, -0.15) is 5.10 Å². The van der Waals surface area contributed by atoms with Crippen LogP contribution >= 0.6 is 11.3 Å². The zero-order chi connectivity index (χ0) is 16.2. The van der Waals surface area contributed by atoms with E-state index in [9.17, 15) is 0 Å². The van der Waals surface area contributed by atoms with E-state index in [1.807, 2.05) is 30.1 Å². The number of rotatable bonds is 6. The number of hydrogen-bond acceptors (Lipinski definition) is 5. The molecule has 0 saturated carbocycles. The topological polar surface area (TPSA) is 63.0 Å². The van der Waals surface area contributed by atoms with Crippen LogP contribution in [0.2, 0.25) is 0 Å². The molecular weight excluding hydrogens is 308 g/mol. The van der Waals surface area contributed by atoms with Crippen molar-refractivity contribution in [3.05, 3.63) is 52.8 Å². The first kappa shape index (κ1) is 15.7. The second-order valence-electron chi connectivity index (χ2n) is 5.36. The van der Waals surface area contributed by atoms with Crippen LogP contribution in [0.3, 0.4) is 0 Å². The highest BCUT2D eigenvalue weighted by Crippen LogP contribution is 2.23. The zero-order valence-corrected chi connectivity index (χ0v) is 14.1. The Bertz CT molecular complexity index is 763. The summed E-state index contributed by atoms with van der Waals surface area (Å²) in [7, 11) is 0. The molecule has 23 heavy (non-hydrogen) atoms. The Morgan fingerprint density at radius 2 is 2.00 bits per heavy atom. The van der Waals surface area contributed by atoms with Crippen molar-refractivity contribution in [2.45, 2.75) is 26.9 Å². The lowest BCUT2D eigenvalue weighted by atomic mass is 10.1. The maximum atomic E-state index is 9.08. The minimum Gasteiger partial charge on any atom is -0.394 e. The normalized spacial score (nSPS) is 10.9. The number of benzene rings is 1. The first-order chi connectivity index (χ1) is 11.2. The number of anilines is 1. The summed E-state index contributed by atoms with van der Waals surface area (Å²) >= 11 is 1.64. The lowest BCUT2D eigenvalue weighted by Crippen LogP contribution is -2.07. The van der Waals surface area contributed by atoms with Gasteiger partial charge in [-0.05, 0) is 38.1 Å². The summed E-state index contributed by atoms with van der Waals surface area (Å²) in [5, 5.41) is 20.0. The van der Waals surface area contributed by atoms with Crippen LogP contribution in [0.15, 0.2) is 35.8 Å². The number of aromatic nitrogens is 3. The van der Waals surface area contributed by atoms with Gasteiger partial charge in [-0.15, -0.1) is 11.3 Å². The standard InChI is InChI=1S/C17H20N4OS/c1-12-16(13(2)21(20-12)8-9-22)11-19-15-5-3-14(4-6-15)17-18-7-10-23-17/h3-7,10,19,22H,8-9,11H2,1-2H3. The summed E-state index contributed by atoms with van der Waals surface area (Å²) in [6, 6.07) is 8.30. The van der Waals surface area contributed by atoms with Crippen LogP contribution in [0.4, 0.5) is 5.69 Å². The second-order valence-corrected chi connectivity index (χ2v) is 6.26. The molecular formula is C17H20N4OS. The molecule has 1 aromatic carbocycles. The molecule has 0 fully saturated rings. The molecule has 0 atom stereocenters. The van der Waals surface area contributed by atoms with Gasteiger partial charge < -0.3 is 10.4 Å². The van der Waals surface area contributed by atoms with Crippen molar-refractivity contribution in [1.82, 2.24) is 14.8 Å². The molecule has 0 bridgehead atoms. The third-order valence-electron chi connectivity index (χ3n) is 3.88. The van der Waals surface area contributed by atoms with Crippen LogP contribution in [-0.2, 0) is 13.1 Å². The largest absolute Gasteiger partial charge is 0.394 e. The van der Waals surface area contributed by atoms with Crippen molar-refractivity contribution < 1.29 is 5.11 Å². The Morgan fingerprint density at radius 1 is 1.22 bits per heavy atom. The SMILES string of the molecule is Cc1nn(CCO)c(C)c1CNc1ccc(-c2nccs2)cc1. The van der Waals surface area contributed by atoms with E-state index >= 15 is 0 Å². The molecule has 120 valence electrons. The molecule has 0 amide bonds. The first-order valence-electron chi connectivity index (χ1n) is 7.56. The van der Waals surface area contributed by atoms with Crippen LogP contribution in [0.5, 0.6) is 0 Å². The quantitative estimate of drug-likeness (QED) is 0.729. The molecule has 6 heteroatoms. The first-order valence-corrected chi connectivity index (χ1v) is 8.44. The van der Waals surface area contributed by atoms with Crippen LogP contribution < -0.4 is 5.32 Å². The molecule has 0 aliphatic heterocycles. The fourth-order valence-electron chi connectivity index (χ4n) is 2.59. The van der Waals surface area contributed by atoms with E-state index in [0.29, 0.717) is 6.54 Å². The van der Waals surface area contributed by atoms with E-state index in [4.69, 9.17) is 5.11 Å². The number of aliphatic hydroxyl groups excluding tert-OH is 1. The number of nitrogens with zero attached hydrogens (tertiary/aromatic N) is 3. The molecule has 0 unspecified atom stereocenters. The van der Waals surface area contributed by atoms with Crippen molar-refractivity contribution in [2.24, 2.45) is 0 Å². The predicted octanol–water partition coefficient (Wildman–Crippen LogP) is 3.23. The Balaban J connectivity index is 1.69. The maximum Gasteiger partial charge on any atom is 0.123 e. The molecule has 0 radical (unpaired) electrons. The maximum absolute atomic E-state index is 9.08. The molecule has 3 rings (SSSR count). The molecule has 0 aliphatic carbocycles. The van der Waals surface area contributed by atoms with Gasteiger partial charge in [0.1, 0.15) is 5.01 Å². The van der Waals surface area contributed by atoms with Gasteiger partial charge in [0.15, 0.2) is 0 Å². The van der Waals surface area contributed by atoms with Gasteiger partial charge in [-0.25, -0.2) is 4.98 Å². The summed E-state index contributed by atoms with van der Waals surface area (Å²) in [6.45, 7) is 5.41. The highest BCUT2D eigenvalue weighted by atomic mass is 32.1. The van der Waals surface area contributed by atoms with Crippen molar-refractivity contribution in [1.29, 1.82) is 0 Å². The molecule has 2 heterocycles. The lowest BCUT2D eigenvalue weighted by Gasteiger charge is -2.08. The van der Waals surface area contributed by atoms with Crippen molar-refractivity contribution in [3.8, 4) is 10.6 Å². The fourth-order valence-corrected chi connectivity index (χ4v) is 3.23. The third kappa shape index (κ3) is 3.43. The van der Waals surface area contributed by atoms with Gasteiger partial charge in [-0.1, -0.05) is 0 Å². The molecule has 3 aromatic rings. The van der Waals surface area contributed by atoms with E-state index in [0.717, 1.165) is 34.2 Å². The van der Waals surface area contributed by atoms with Crippen LogP contribution in [0.1, 0.15) is 17.0 Å². The number of aryl methyl sites for hydroxylation is 1. The molecule has 2 aromatic heterocycles. The fraction of sp³-hybridized carbons (Fsp3) is 0.294. The van der Waals surface area contributed by atoms with Gasteiger partial charge in [0, 0.05) is 40.6 Å². The van der Waals surface area contributed by atoms with Crippen LogP contribution in [-0.4, -0.2) is 26.5 Å². The monoisotopic (exact) mass is 328 g/mol. The van der Waals surface area contributed by atoms with E-state index < -0.39 is 0 Å². The van der Waals surface area contributed by atoms with E-state index in [-0.39, 0.29) is 6.61 Å². The average Bonchev–Trinajstić information content (AvgIpc) is 3.17. The Morgan fingerprint density at radius 3 is 2.65 bits per heavy atom. The van der Waals surface area contributed by atoms with Crippen molar-refractivity contribution in [2.75, 3.05) is 11.9 Å². The van der Waals surface area contributed by atoms with Gasteiger partial charge in [0.05, 0.1) is 18.8 Å². The molecule has 0 spiro atoms. The average molecular weight is 328 g/mol. The molecule has 2 N–H and O–H groups in total. The Labute approximate surface area is 139 Å². The number of thiazole rings is 1. The van der Waals surface area contributed by atoms with Gasteiger partial charge in [0.2, 0.25) is 0 Å². The van der Waals surface area contributed by atoms with Crippen molar-refractivity contribution >= 4 is 17.0 Å². The third-order valence-corrected chi connectivity index (χ3v) is 4.70. The van der Waals surface area contributed by atoms with Crippen LogP contribution in [0, 0.1) is 13.8 Å². The molecule has 0 aliphatic rings. The second kappa shape index (κ2) is 6.93. The van der Waals surface area contributed by atoms with Gasteiger partial charge in [0.25, 0.3) is 0 Å². The highest BCUT2D eigenvalue weighted by Gasteiger charge is 2.11. The summed E-state index contributed by atoms with van der Waals surface area (Å²) in [5.74, 6) is 0. The van der Waals surface area contributed by atoms with E-state index in [1.165, 1.54) is 5.56 Å². The Kier molecular flexibility index (Phi) is 4.73. The minimum atomic E-state index is 0.104. The highest BCUT2D eigenvalue weighted by molar-refractivity contribution is 7.13. The number of nitrogens with one attached hydrogen (secondary N) is 1. The van der Waals surface area contributed by atoms with Gasteiger partial charge in [-0.3, -0.25) is 4.68 Å².